The summed E-state index contributed by atoms with van der Waals surface area (Å²) in [6, 6.07) is 25.6. The van der Waals surface area contributed by atoms with Crippen LogP contribution < -0.4 is 9.62 Å². The van der Waals surface area contributed by atoms with Gasteiger partial charge in [0.1, 0.15) is 12.6 Å². The van der Waals surface area contributed by atoms with Crippen LogP contribution in [0.1, 0.15) is 59.9 Å². The highest BCUT2D eigenvalue weighted by molar-refractivity contribution is 7.92. The van der Waals surface area contributed by atoms with Gasteiger partial charge in [-0.05, 0) is 75.1 Å². The minimum Gasteiger partial charge on any atom is -0.352 e. The zero-order chi connectivity index (χ0) is 35.1. The molecule has 0 bridgehead atoms. The molecule has 0 spiro atoms. The Morgan fingerprint density at radius 2 is 1.45 bits per heavy atom. The van der Waals surface area contributed by atoms with Gasteiger partial charge in [0.05, 0.1) is 10.6 Å². The predicted molar refractivity (Wildman–Crippen MR) is 198 cm³/mol. The summed E-state index contributed by atoms with van der Waals surface area (Å²) in [4.78, 5) is 30.7. The molecule has 1 unspecified atom stereocenters. The van der Waals surface area contributed by atoms with Gasteiger partial charge in [-0.2, -0.15) is 0 Å². The van der Waals surface area contributed by atoms with Crippen LogP contribution in [-0.2, 0) is 32.6 Å². The third-order valence-electron chi connectivity index (χ3n) is 9.12. The zero-order valence-corrected chi connectivity index (χ0v) is 30.5. The predicted octanol–water partition coefficient (Wildman–Crippen LogP) is 8.20. The summed E-state index contributed by atoms with van der Waals surface area (Å²) in [5, 5.41) is 3.91. The van der Waals surface area contributed by atoms with Gasteiger partial charge < -0.3 is 10.2 Å². The lowest BCUT2D eigenvalue weighted by atomic mass is 9.94. The Labute approximate surface area is 300 Å². The molecule has 1 aliphatic carbocycles. The van der Waals surface area contributed by atoms with E-state index < -0.39 is 28.5 Å². The molecule has 0 heterocycles. The minimum absolute atomic E-state index is 0.00556. The highest BCUT2D eigenvalue weighted by Crippen LogP contribution is 2.31. The molecule has 1 saturated carbocycles. The van der Waals surface area contributed by atoms with E-state index in [4.69, 9.17) is 23.2 Å². The number of halogens is 2. The number of nitrogens with zero attached hydrogens (tertiary/aromatic N) is 2. The van der Waals surface area contributed by atoms with E-state index in [-0.39, 0.29) is 29.8 Å². The minimum atomic E-state index is -4.22. The van der Waals surface area contributed by atoms with Crippen molar-refractivity contribution in [3.8, 4) is 0 Å². The number of carbonyl (C=O) groups is 2. The highest BCUT2D eigenvalue weighted by atomic mass is 35.5. The molecule has 10 heteroatoms. The topological polar surface area (TPSA) is 86.8 Å². The number of aryl methyl sites for hydroxylation is 3. The lowest BCUT2D eigenvalue weighted by Gasteiger charge is -2.35. The molecule has 2 amide bonds. The highest BCUT2D eigenvalue weighted by Gasteiger charge is 2.36. The monoisotopic (exact) mass is 719 g/mol. The van der Waals surface area contributed by atoms with Crippen molar-refractivity contribution in [3.05, 3.63) is 129 Å². The van der Waals surface area contributed by atoms with E-state index in [0.717, 1.165) is 53.1 Å². The molecule has 258 valence electrons. The van der Waals surface area contributed by atoms with E-state index in [1.54, 1.807) is 48.5 Å². The summed E-state index contributed by atoms with van der Waals surface area (Å²) >= 11 is 13.3. The molecule has 5 rings (SSSR count). The van der Waals surface area contributed by atoms with E-state index in [0.29, 0.717) is 26.9 Å². The molecule has 0 saturated heterocycles. The maximum absolute atomic E-state index is 14.8. The number of carbonyl (C=O) groups excluding carboxylic acids is 2. The van der Waals surface area contributed by atoms with Crippen molar-refractivity contribution < 1.29 is 18.0 Å². The number of nitrogens with one attached hydrogen (secondary N) is 1. The fraction of sp³-hybridized carbons (Fsp3) is 0.333. The second kappa shape index (κ2) is 16.2. The lowest BCUT2D eigenvalue weighted by Crippen LogP contribution is -2.55. The van der Waals surface area contributed by atoms with Crippen molar-refractivity contribution in [1.29, 1.82) is 0 Å². The Hall–Kier alpha value is -3.85. The van der Waals surface area contributed by atoms with Crippen LogP contribution in [0.4, 0.5) is 5.69 Å². The summed E-state index contributed by atoms with van der Waals surface area (Å²) < 4.78 is 29.9. The SMILES string of the molecule is Cc1ccc(S(=O)(=O)N(CC(=O)N(Cc2c(Cl)cccc2Cl)C(Cc2ccccc2)C(=O)NC2CCCCC2)c2ccc(C)cc2C)cc1. The molecule has 1 N–H and O–H groups in total. The summed E-state index contributed by atoms with van der Waals surface area (Å²) in [7, 11) is -4.22. The molecule has 1 fully saturated rings. The quantitative estimate of drug-likeness (QED) is 0.160. The first kappa shape index (κ1) is 36.4. The van der Waals surface area contributed by atoms with Crippen LogP contribution in [0.15, 0.2) is 95.9 Å². The van der Waals surface area contributed by atoms with Crippen LogP contribution in [0, 0.1) is 20.8 Å². The van der Waals surface area contributed by atoms with E-state index in [1.807, 2.05) is 63.2 Å². The first-order valence-electron chi connectivity index (χ1n) is 16.7. The van der Waals surface area contributed by atoms with Gasteiger partial charge in [-0.25, -0.2) is 8.42 Å². The third kappa shape index (κ3) is 9.04. The average Bonchev–Trinajstić information content (AvgIpc) is 3.07. The van der Waals surface area contributed by atoms with Crippen molar-refractivity contribution in [3.63, 3.8) is 0 Å². The van der Waals surface area contributed by atoms with Crippen molar-refractivity contribution in [1.82, 2.24) is 10.2 Å². The van der Waals surface area contributed by atoms with Crippen LogP contribution >= 0.6 is 23.2 Å². The maximum Gasteiger partial charge on any atom is 0.264 e. The molecule has 1 aliphatic rings. The molecule has 4 aromatic carbocycles. The maximum atomic E-state index is 14.8. The third-order valence-corrected chi connectivity index (χ3v) is 11.6. The zero-order valence-electron chi connectivity index (χ0n) is 28.2. The van der Waals surface area contributed by atoms with E-state index in [9.17, 15) is 18.0 Å². The smallest absolute Gasteiger partial charge is 0.264 e. The van der Waals surface area contributed by atoms with Gasteiger partial charge in [-0.15, -0.1) is 0 Å². The van der Waals surface area contributed by atoms with Gasteiger partial charge in [0, 0.05) is 34.6 Å². The van der Waals surface area contributed by atoms with Crippen LogP contribution in [0.2, 0.25) is 10.0 Å². The van der Waals surface area contributed by atoms with Gasteiger partial charge in [0.25, 0.3) is 10.0 Å². The molecule has 0 radical (unpaired) electrons. The second-order valence-electron chi connectivity index (χ2n) is 12.9. The number of anilines is 1. The standard InChI is InChI=1S/C39H43Cl2N3O4S/c1-27-17-20-32(21-18-27)49(47,48)44(36-22-19-28(2)23-29(36)3)26-38(45)43(25-33-34(40)15-10-16-35(33)41)37(24-30-11-6-4-7-12-30)39(46)42-31-13-8-5-9-14-31/h4,6-7,10-12,15-23,31,37H,5,8-9,13-14,24-26H2,1-3H3,(H,42,46). The summed E-state index contributed by atoms with van der Waals surface area (Å²) in [6.07, 6.45) is 5.11. The van der Waals surface area contributed by atoms with Gasteiger partial charge in [-0.1, -0.05) is 114 Å². The fourth-order valence-electron chi connectivity index (χ4n) is 6.39. The summed E-state index contributed by atoms with van der Waals surface area (Å²) in [6.45, 7) is 4.98. The van der Waals surface area contributed by atoms with Gasteiger partial charge in [0.15, 0.2) is 0 Å². The Kier molecular flexibility index (Phi) is 12.1. The number of hydrogen-bond acceptors (Lipinski definition) is 4. The first-order valence-corrected chi connectivity index (χ1v) is 18.9. The van der Waals surface area contributed by atoms with Crippen molar-refractivity contribution in [2.24, 2.45) is 0 Å². The number of sulfonamides is 1. The van der Waals surface area contributed by atoms with Gasteiger partial charge >= 0.3 is 0 Å². The van der Waals surface area contributed by atoms with Crippen molar-refractivity contribution in [2.45, 2.75) is 82.8 Å². The molecular weight excluding hydrogens is 677 g/mol. The number of amides is 2. The first-order chi connectivity index (χ1) is 23.4. The molecular formula is C39H43Cl2N3O4S. The van der Waals surface area contributed by atoms with Crippen molar-refractivity contribution >= 4 is 50.7 Å². The van der Waals surface area contributed by atoms with Gasteiger partial charge in [0.2, 0.25) is 11.8 Å². The lowest BCUT2D eigenvalue weighted by molar-refractivity contribution is -0.140. The Bertz CT molecular complexity index is 1860. The van der Waals surface area contributed by atoms with E-state index in [2.05, 4.69) is 5.32 Å². The largest absolute Gasteiger partial charge is 0.352 e. The van der Waals surface area contributed by atoms with Crippen molar-refractivity contribution in [2.75, 3.05) is 10.8 Å². The molecule has 0 aliphatic heterocycles. The van der Waals surface area contributed by atoms with Gasteiger partial charge in [-0.3, -0.25) is 13.9 Å². The Morgan fingerprint density at radius 3 is 2.08 bits per heavy atom. The number of benzene rings is 4. The van der Waals surface area contributed by atoms with E-state index >= 15 is 0 Å². The molecule has 1 atom stereocenters. The Balaban J connectivity index is 1.61. The molecule has 0 aromatic heterocycles. The van der Waals surface area contributed by atoms with E-state index in [1.165, 1.54) is 4.90 Å². The van der Waals surface area contributed by atoms with Crippen LogP contribution in [0.5, 0.6) is 0 Å². The van der Waals surface area contributed by atoms with Crippen LogP contribution in [0.25, 0.3) is 0 Å². The summed E-state index contributed by atoms with van der Waals surface area (Å²) in [5.41, 5.74) is 4.26. The fourth-order valence-corrected chi connectivity index (χ4v) is 8.38. The normalized spacial score (nSPS) is 14.2. The molecule has 7 nitrogen and oxygen atoms in total. The van der Waals surface area contributed by atoms with Crippen LogP contribution in [0.3, 0.4) is 0 Å². The number of rotatable bonds is 12. The Morgan fingerprint density at radius 1 is 0.816 bits per heavy atom. The van der Waals surface area contributed by atoms with Crippen LogP contribution in [-0.4, -0.2) is 43.8 Å². The average molecular weight is 721 g/mol. The number of hydrogen-bond donors (Lipinski definition) is 1. The molecule has 4 aromatic rings. The second-order valence-corrected chi connectivity index (χ2v) is 15.6. The molecule has 49 heavy (non-hydrogen) atoms. The summed E-state index contributed by atoms with van der Waals surface area (Å²) in [5.74, 6) is -0.863.